The predicted molar refractivity (Wildman–Crippen MR) is 63.2 cm³/mol. The monoisotopic (exact) mass is 288 g/mol. The number of aromatic hydroxyl groups is 1. The maximum Gasteiger partial charge on any atom is 0.434 e. The molecule has 4 nitrogen and oxygen atoms in total. The molecule has 0 aliphatic rings. The third kappa shape index (κ3) is 3.02. The van der Waals surface area contributed by atoms with E-state index in [0.29, 0.717) is 11.3 Å². The average Bonchev–Trinajstić information content (AvgIpc) is 2.81. The van der Waals surface area contributed by atoms with Crippen LogP contribution in [0.2, 0.25) is 0 Å². The summed E-state index contributed by atoms with van der Waals surface area (Å²) in [6, 6.07) is 5.38. The lowest BCUT2D eigenvalue weighted by molar-refractivity contribution is -0.141. The number of amides is 1. The van der Waals surface area contributed by atoms with Gasteiger partial charge < -0.3 is 10.4 Å². The van der Waals surface area contributed by atoms with Gasteiger partial charge in [-0.15, -0.1) is 11.3 Å². The Kier molecular flexibility index (Phi) is 3.43. The highest BCUT2D eigenvalue weighted by Gasteiger charge is 2.38. The Morgan fingerprint density at radius 2 is 1.89 bits per heavy atom. The summed E-state index contributed by atoms with van der Waals surface area (Å²) in [6.45, 7) is 0. The number of anilines is 1. The van der Waals surface area contributed by atoms with Crippen LogP contribution in [0.1, 0.15) is 15.4 Å². The van der Waals surface area contributed by atoms with E-state index in [1.807, 2.05) is 0 Å². The minimum Gasteiger partial charge on any atom is -0.508 e. The Balaban J connectivity index is 2.21. The van der Waals surface area contributed by atoms with E-state index in [9.17, 15) is 18.0 Å². The van der Waals surface area contributed by atoms with Crippen LogP contribution in [-0.2, 0) is 6.18 Å². The van der Waals surface area contributed by atoms with Gasteiger partial charge in [0.15, 0.2) is 5.69 Å². The number of nitrogens with one attached hydrogen (secondary N) is 1. The molecule has 2 N–H and O–H groups in total. The molecule has 1 aromatic heterocycles. The Morgan fingerprint density at radius 1 is 1.26 bits per heavy atom. The van der Waals surface area contributed by atoms with Crippen LogP contribution in [-0.4, -0.2) is 16.0 Å². The number of rotatable bonds is 2. The van der Waals surface area contributed by atoms with Gasteiger partial charge >= 0.3 is 6.18 Å². The number of thiazole rings is 1. The van der Waals surface area contributed by atoms with Crippen LogP contribution in [0.3, 0.4) is 0 Å². The summed E-state index contributed by atoms with van der Waals surface area (Å²) in [6.07, 6.45) is -4.67. The van der Waals surface area contributed by atoms with E-state index in [0.717, 1.165) is 5.51 Å². The van der Waals surface area contributed by atoms with E-state index in [1.54, 1.807) is 0 Å². The number of aromatic nitrogens is 1. The molecule has 0 atom stereocenters. The van der Waals surface area contributed by atoms with Crippen molar-refractivity contribution in [1.29, 1.82) is 0 Å². The van der Waals surface area contributed by atoms with Gasteiger partial charge in [-0.05, 0) is 24.3 Å². The number of nitrogens with zero attached hydrogens (tertiary/aromatic N) is 1. The number of phenolic OH excluding ortho intramolecular Hbond substituents is 1. The zero-order chi connectivity index (χ0) is 14.0. The highest BCUT2D eigenvalue weighted by atomic mass is 32.1. The summed E-state index contributed by atoms with van der Waals surface area (Å²) in [5, 5.41) is 11.4. The fourth-order valence-electron chi connectivity index (χ4n) is 1.34. The second-order valence-corrected chi connectivity index (χ2v) is 4.38. The van der Waals surface area contributed by atoms with E-state index in [-0.39, 0.29) is 11.4 Å². The molecule has 0 saturated carbocycles. The van der Waals surface area contributed by atoms with Crippen molar-refractivity contribution in [3.63, 3.8) is 0 Å². The van der Waals surface area contributed by atoms with Crippen molar-refractivity contribution in [1.82, 2.24) is 4.98 Å². The number of benzene rings is 1. The molecule has 0 spiro atoms. The van der Waals surface area contributed by atoms with Crippen molar-refractivity contribution in [3.05, 3.63) is 40.3 Å². The Hall–Kier alpha value is -2.09. The molecule has 0 saturated heterocycles. The lowest BCUT2D eigenvalue weighted by Crippen LogP contribution is -2.17. The molecule has 0 aliphatic heterocycles. The summed E-state index contributed by atoms with van der Waals surface area (Å²) in [4.78, 5) is 14.4. The molecule has 19 heavy (non-hydrogen) atoms. The zero-order valence-electron chi connectivity index (χ0n) is 9.23. The van der Waals surface area contributed by atoms with Crippen molar-refractivity contribution < 1.29 is 23.1 Å². The quantitative estimate of drug-likeness (QED) is 0.835. The molecule has 0 aliphatic carbocycles. The van der Waals surface area contributed by atoms with E-state index in [4.69, 9.17) is 5.11 Å². The van der Waals surface area contributed by atoms with Crippen LogP contribution in [0.4, 0.5) is 18.9 Å². The normalized spacial score (nSPS) is 11.3. The van der Waals surface area contributed by atoms with Crippen LogP contribution in [0.5, 0.6) is 5.75 Å². The molecule has 0 bridgehead atoms. The largest absolute Gasteiger partial charge is 0.508 e. The molecule has 1 amide bonds. The van der Waals surface area contributed by atoms with Gasteiger partial charge in [-0.3, -0.25) is 4.79 Å². The second-order valence-electron chi connectivity index (χ2n) is 3.53. The first-order valence-corrected chi connectivity index (χ1v) is 5.87. The fourth-order valence-corrected chi connectivity index (χ4v) is 2.04. The van der Waals surface area contributed by atoms with Crippen LogP contribution in [0.25, 0.3) is 0 Å². The first-order chi connectivity index (χ1) is 8.88. The number of phenols is 1. The van der Waals surface area contributed by atoms with E-state index < -0.39 is 22.7 Å². The maximum absolute atomic E-state index is 12.6. The highest BCUT2D eigenvalue weighted by molar-refractivity contribution is 7.12. The van der Waals surface area contributed by atoms with Gasteiger partial charge in [0.1, 0.15) is 10.6 Å². The molecule has 2 aromatic rings. The topological polar surface area (TPSA) is 62.2 Å². The first-order valence-electron chi connectivity index (χ1n) is 4.99. The fraction of sp³-hybridized carbons (Fsp3) is 0.0909. The molecule has 8 heteroatoms. The maximum atomic E-state index is 12.6. The summed E-state index contributed by atoms with van der Waals surface area (Å²) in [7, 11) is 0. The Morgan fingerprint density at radius 3 is 2.47 bits per heavy atom. The second kappa shape index (κ2) is 4.88. The number of halogens is 3. The van der Waals surface area contributed by atoms with Gasteiger partial charge in [0.05, 0.1) is 5.51 Å². The van der Waals surface area contributed by atoms with Crippen molar-refractivity contribution in [3.8, 4) is 5.75 Å². The molecule has 100 valence electrons. The van der Waals surface area contributed by atoms with Crippen molar-refractivity contribution in [2.24, 2.45) is 0 Å². The molecule has 0 fully saturated rings. The van der Waals surface area contributed by atoms with Crippen LogP contribution >= 0.6 is 11.3 Å². The molecule has 0 unspecified atom stereocenters. The van der Waals surface area contributed by atoms with Gasteiger partial charge in [-0.2, -0.15) is 13.2 Å². The number of hydrogen-bond acceptors (Lipinski definition) is 4. The van der Waals surface area contributed by atoms with Gasteiger partial charge in [-0.1, -0.05) is 0 Å². The van der Waals surface area contributed by atoms with Gasteiger partial charge in [0.25, 0.3) is 5.91 Å². The summed E-state index contributed by atoms with van der Waals surface area (Å²) in [5.41, 5.74) is 0.0484. The summed E-state index contributed by atoms with van der Waals surface area (Å²) < 4.78 is 37.7. The lowest BCUT2D eigenvalue weighted by atomic mass is 10.3. The molecule has 0 radical (unpaired) electrons. The molecular formula is C11H7F3N2O2S. The number of carbonyl (C=O) groups is 1. The van der Waals surface area contributed by atoms with Gasteiger partial charge in [0.2, 0.25) is 0 Å². The standard InChI is InChI=1S/C11H7F3N2O2S/c12-11(13,14)9-8(19-5-15-9)10(18)16-6-1-3-7(17)4-2-6/h1-5,17H,(H,16,18). The zero-order valence-corrected chi connectivity index (χ0v) is 10.0. The van der Waals surface area contributed by atoms with Crippen LogP contribution in [0.15, 0.2) is 29.8 Å². The smallest absolute Gasteiger partial charge is 0.434 e. The first kappa shape index (κ1) is 13.3. The van der Waals surface area contributed by atoms with Crippen molar-refractivity contribution in [2.45, 2.75) is 6.18 Å². The van der Waals surface area contributed by atoms with E-state index in [1.165, 1.54) is 24.3 Å². The van der Waals surface area contributed by atoms with E-state index in [2.05, 4.69) is 10.3 Å². The molecule has 1 aromatic carbocycles. The summed E-state index contributed by atoms with van der Waals surface area (Å²) >= 11 is 0.614. The average molecular weight is 288 g/mol. The lowest BCUT2D eigenvalue weighted by Gasteiger charge is -2.07. The Labute approximate surface area is 109 Å². The Bertz CT molecular complexity index is 593. The predicted octanol–water partition coefficient (Wildman–Crippen LogP) is 3.12. The number of hydrogen-bond donors (Lipinski definition) is 2. The minimum atomic E-state index is -4.67. The SMILES string of the molecule is O=C(Nc1ccc(O)cc1)c1scnc1C(F)(F)F. The van der Waals surface area contributed by atoms with Gasteiger partial charge in [0, 0.05) is 5.69 Å². The number of carbonyl (C=O) groups excluding carboxylic acids is 1. The summed E-state index contributed by atoms with van der Waals surface area (Å²) in [5.74, 6) is -0.896. The van der Waals surface area contributed by atoms with E-state index >= 15 is 0 Å². The number of alkyl halides is 3. The van der Waals surface area contributed by atoms with Crippen molar-refractivity contribution in [2.75, 3.05) is 5.32 Å². The van der Waals surface area contributed by atoms with Crippen LogP contribution in [0, 0.1) is 0 Å². The van der Waals surface area contributed by atoms with Crippen molar-refractivity contribution >= 4 is 22.9 Å². The van der Waals surface area contributed by atoms with Gasteiger partial charge in [-0.25, -0.2) is 4.98 Å². The third-order valence-electron chi connectivity index (χ3n) is 2.17. The van der Waals surface area contributed by atoms with Crippen LogP contribution < -0.4 is 5.32 Å². The molecule has 1 heterocycles. The third-order valence-corrected chi connectivity index (χ3v) is 2.99. The molecular weight excluding hydrogens is 281 g/mol. The molecule has 2 rings (SSSR count). The highest BCUT2D eigenvalue weighted by Crippen LogP contribution is 2.33. The minimum absolute atomic E-state index is 0.00762.